The molecule has 17 heavy (non-hydrogen) atoms. The van der Waals surface area contributed by atoms with E-state index in [4.69, 9.17) is 5.73 Å². The molecule has 5 nitrogen and oxygen atoms in total. The lowest BCUT2D eigenvalue weighted by Crippen LogP contribution is -2.47. The van der Waals surface area contributed by atoms with Gasteiger partial charge >= 0.3 is 0 Å². The monoisotopic (exact) mass is 230 g/mol. The number of carbonyl (C=O) groups excluding carboxylic acids is 1. The molecule has 1 saturated heterocycles. The van der Waals surface area contributed by atoms with Crippen LogP contribution in [0.5, 0.6) is 0 Å². The molecule has 3 heterocycles. The number of nitrogens with two attached hydrogens (primary N) is 1. The standard InChI is InChI=1S/C12H14N4O/c13-9-8-14-4-3-10(9)16-7-6-15-5-1-2-11(15)12(16)17/h2-4,8H,1,5-7,13H2. The number of anilines is 2. The molecule has 2 aliphatic heterocycles. The van der Waals surface area contributed by atoms with Gasteiger partial charge in [-0.2, -0.15) is 0 Å². The van der Waals surface area contributed by atoms with Gasteiger partial charge in [0.15, 0.2) is 0 Å². The summed E-state index contributed by atoms with van der Waals surface area (Å²) in [6, 6.07) is 1.79. The Labute approximate surface area is 99.5 Å². The maximum Gasteiger partial charge on any atom is 0.274 e. The van der Waals surface area contributed by atoms with Crippen molar-refractivity contribution < 1.29 is 4.79 Å². The van der Waals surface area contributed by atoms with E-state index >= 15 is 0 Å². The Balaban J connectivity index is 1.95. The normalized spacial score (nSPS) is 19.3. The molecule has 0 atom stereocenters. The summed E-state index contributed by atoms with van der Waals surface area (Å²) in [4.78, 5) is 20.1. The van der Waals surface area contributed by atoms with Gasteiger partial charge in [0, 0.05) is 25.8 Å². The van der Waals surface area contributed by atoms with Crippen molar-refractivity contribution in [3.05, 3.63) is 30.2 Å². The third-order valence-corrected chi connectivity index (χ3v) is 3.25. The molecule has 1 amide bonds. The fraction of sp³-hybridized carbons (Fsp3) is 0.333. The summed E-state index contributed by atoms with van der Waals surface area (Å²) in [5, 5.41) is 0. The molecule has 2 aliphatic rings. The summed E-state index contributed by atoms with van der Waals surface area (Å²) in [5.41, 5.74) is 7.98. The van der Waals surface area contributed by atoms with Gasteiger partial charge in [0.05, 0.1) is 23.3 Å². The zero-order chi connectivity index (χ0) is 11.8. The highest BCUT2D eigenvalue weighted by atomic mass is 16.2. The zero-order valence-corrected chi connectivity index (χ0v) is 9.47. The maximum atomic E-state index is 12.3. The molecule has 1 aromatic rings. The van der Waals surface area contributed by atoms with E-state index in [2.05, 4.69) is 9.88 Å². The van der Waals surface area contributed by atoms with Crippen molar-refractivity contribution in [3.63, 3.8) is 0 Å². The summed E-state index contributed by atoms with van der Waals surface area (Å²) < 4.78 is 0. The first kappa shape index (κ1) is 10.1. The third kappa shape index (κ3) is 1.54. The number of nitrogens with zero attached hydrogens (tertiary/aromatic N) is 3. The number of carbonyl (C=O) groups is 1. The van der Waals surface area contributed by atoms with Crippen LogP contribution in [-0.4, -0.2) is 35.4 Å². The van der Waals surface area contributed by atoms with Gasteiger partial charge in [0.25, 0.3) is 5.91 Å². The number of hydrogen-bond acceptors (Lipinski definition) is 4. The van der Waals surface area contributed by atoms with Gasteiger partial charge < -0.3 is 15.5 Å². The molecule has 0 spiro atoms. The minimum Gasteiger partial charge on any atom is -0.396 e. The molecule has 0 aliphatic carbocycles. The van der Waals surface area contributed by atoms with E-state index in [1.165, 1.54) is 0 Å². The van der Waals surface area contributed by atoms with Gasteiger partial charge in [-0.1, -0.05) is 6.08 Å². The van der Waals surface area contributed by atoms with Crippen molar-refractivity contribution in [2.75, 3.05) is 30.3 Å². The highest BCUT2D eigenvalue weighted by Crippen LogP contribution is 2.28. The maximum absolute atomic E-state index is 12.3. The highest BCUT2D eigenvalue weighted by Gasteiger charge is 2.32. The average Bonchev–Trinajstić information content (AvgIpc) is 2.80. The lowest BCUT2D eigenvalue weighted by atomic mass is 10.2. The lowest BCUT2D eigenvalue weighted by molar-refractivity contribution is -0.117. The van der Waals surface area contributed by atoms with Crippen molar-refractivity contribution >= 4 is 17.3 Å². The van der Waals surface area contributed by atoms with Crippen LogP contribution in [-0.2, 0) is 4.79 Å². The van der Waals surface area contributed by atoms with Gasteiger partial charge in [0.1, 0.15) is 0 Å². The van der Waals surface area contributed by atoms with Crippen LogP contribution in [0.2, 0.25) is 0 Å². The number of nitrogen functional groups attached to an aromatic ring is 1. The minimum atomic E-state index is 0.0478. The average molecular weight is 230 g/mol. The molecule has 1 aromatic heterocycles. The number of rotatable bonds is 1. The second-order valence-electron chi connectivity index (χ2n) is 4.26. The van der Waals surface area contributed by atoms with Crippen LogP contribution in [0, 0.1) is 0 Å². The predicted octanol–water partition coefficient (Wildman–Crippen LogP) is 0.600. The van der Waals surface area contributed by atoms with Crippen LogP contribution in [0.25, 0.3) is 0 Å². The molecule has 0 radical (unpaired) electrons. The van der Waals surface area contributed by atoms with E-state index in [1.54, 1.807) is 23.4 Å². The zero-order valence-electron chi connectivity index (χ0n) is 9.47. The summed E-state index contributed by atoms with van der Waals surface area (Å²) >= 11 is 0. The van der Waals surface area contributed by atoms with Crippen LogP contribution in [0.15, 0.2) is 30.2 Å². The molecule has 0 aromatic carbocycles. The predicted molar refractivity (Wildman–Crippen MR) is 65.3 cm³/mol. The van der Waals surface area contributed by atoms with Crippen molar-refractivity contribution in [1.29, 1.82) is 0 Å². The van der Waals surface area contributed by atoms with Crippen LogP contribution >= 0.6 is 0 Å². The fourth-order valence-corrected chi connectivity index (χ4v) is 2.40. The van der Waals surface area contributed by atoms with Crippen molar-refractivity contribution in [2.24, 2.45) is 0 Å². The molecule has 1 fully saturated rings. The molecule has 5 heteroatoms. The van der Waals surface area contributed by atoms with Crippen molar-refractivity contribution in [2.45, 2.75) is 6.42 Å². The SMILES string of the molecule is Nc1cnccc1N1CCN2CCC=C2C1=O. The first-order valence-corrected chi connectivity index (χ1v) is 5.74. The fourth-order valence-electron chi connectivity index (χ4n) is 2.40. The van der Waals surface area contributed by atoms with Gasteiger partial charge in [-0.15, -0.1) is 0 Å². The van der Waals surface area contributed by atoms with Crippen molar-refractivity contribution in [1.82, 2.24) is 9.88 Å². The van der Waals surface area contributed by atoms with E-state index in [-0.39, 0.29) is 5.91 Å². The minimum absolute atomic E-state index is 0.0478. The second kappa shape index (κ2) is 3.76. The van der Waals surface area contributed by atoms with Crippen LogP contribution < -0.4 is 10.6 Å². The molecule has 3 rings (SSSR count). The van der Waals surface area contributed by atoms with E-state index in [0.29, 0.717) is 12.2 Å². The van der Waals surface area contributed by atoms with E-state index in [0.717, 1.165) is 30.9 Å². The van der Waals surface area contributed by atoms with E-state index < -0.39 is 0 Å². The van der Waals surface area contributed by atoms with E-state index in [1.807, 2.05) is 6.08 Å². The Hall–Kier alpha value is -2.04. The van der Waals surface area contributed by atoms with Crippen molar-refractivity contribution in [3.8, 4) is 0 Å². The number of aromatic nitrogens is 1. The van der Waals surface area contributed by atoms with Crippen LogP contribution in [0.1, 0.15) is 6.42 Å². The summed E-state index contributed by atoms with van der Waals surface area (Å²) in [7, 11) is 0. The smallest absolute Gasteiger partial charge is 0.274 e. The number of hydrogen-bond donors (Lipinski definition) is 1. The van der Waals surface area contributed by atoms with Crippen LogP contribution in [0.4, 0.5) is 11.4 Å². The molecule has 0 unspecified atom stereocenters. The number of fused-ring (bicyclic) bond motifs is 1. The Morgan fingerprint density at radius 2 is 2.18 bits per heavy atom. The molecule has 0 saturated carbocycles. The van der Waals surface area contributed by atoms with Gasteiger partial charge in [0.2, 0.25) is 0 Å². The first-order valence-electron chi connectivity index (χ1n) is 5.74. The summed E-state index contributed by atoms with van der Waals surface area (Å²) in [5.74, 6) is 0.0478. The Morgan fingerprint density at radius 3 is 3.00 bits per heavy atom. The molecule has 2 N–H and O–H groups in total. The number of pyridine rings is 1. The quantitative estimate of drug-likeness (QED) is 0.767. The Bertz CT molecular complexity index is 497. The highest BCUT2D eigenvalue weighted by molar-refractivity contribution is 6.07. The largest absolute Gasteiger partial charge is 0.396 e. The number of amides is 1. The first-order chi connectivity index (χ1) is 8.27. The second-order valence-corrected chi connectivity index (χ2v) is 4.26. The summed E-state index contributed by atoms with van der Waals surface area (Å²) in [6.07, 6.45) is 6.21. The van der Waals surface area contributed by atoms with Gasteiger partial charge in [-0.25, -0.2) is 0 Å². The van der Waals surface area contributed by atoms with Gasteiger partial charge in [-0.05, 0) is 12.5 Å². The Kier molecular flexibility index (Phi) is 2.24. The molecule has 88 valence electrons. The Morgan fingerprint density at radius 1 is 1.29 bits per heavy atom. The van der Waals surface area contributed by atoms with Gasteiger partial charge in [-0.3, -0.25) is 9.78 Å². The molecular weight excluding hydrogens is 216 g/mol. The van der Waals surface area contributed by atoms with Crippen LogP contribution in [0.3, 0.4) is 0 Å². The van der Waals surface area contributed by atoms with E-state index in [9.17, 15) is 4.79 Å². The lowest BCUT2D eigenvalue weighted by Gasteiger charge is -2.35. The summed E-state index contributed by atoms with van der Waals surface area (Å²) in [6.45, 7) is 2.52. The molecule has 0 bridgehead atoms. The topological polar surface area (TPSA) is 62.5 Å². The molecular formula is C12H14N4O. The third-order valence-electron chi connectivity index (χ3n) is 3.25. The number of piperazine rings is 1.